The van der Waals surface area contributed by atoms with Crippen LogP contribution in [0.2, 0.25) is 0 Å². The molecule has 0 aromatic carbocycles. The average molecular weight is 281 g/mol. The van der Waals surface area contributed by atoms with Gasteiger partial charge in [-0.2, -0.15) is 5.26 Å². The molecular formula is C15H27N3O2. The largest absolute Gasteiger partial charge is 0.469 e. The third-order valence-corrected chi connectivity index (χ3v) is 3.71. The molecule has 0 saturated carbocycles. The Labute approximate surface area is 122 Å². The van der Waals surface area contributed by atoms with E-state index in [1.807, 2.05) is 0 Å². The standard InChI is InChI=1S/C15H27N3O2/c1-12(2)9-17-14-8-13(4-5-15(19)20-3)10-18(11-14)7-6-16/h12-14,17H,4-5,7-11H2,1-3H3. The van der Waals surface area contributed by atoms with E-state index >= 15 is 0 Å². The maximum absolute atomic E-state index is 11.3. The molecule has 0 aromatic rings. The number of nitrogens with zero attached hydrogens (tertiary/aromatic N) is 2. The third kappa shape index (κ3) is 6.36. The first-order chi connectivity index (χ1) is 9.55. The second-order valence-corrected chi connectivity index (χ2v) is 6.07. The van der Waals surface area contributed by atoms with Crippen molar-refractivity contribution in [2.24, 2.45) is 11.8 Å². The molecule has 5 nitrogen and oxygen atoms in total. The first-order valence-corrected chi connectivity index (χ1v) is 7.44. The highest BCUT2D eigenvalue weighted by Crippen LogP contribution is 2.21. The van der Waals surface area contributed by atoms with E-state index < -0.39 is 0 Å². The molecule has 1 heterocycles. The molecule has 0 amide bonds. The molecular weight excluding hydrogens is 254 g/mol. The fourth-order valence-electron chi connectivity index (χ4n) is 2.72. The van der Waals surface area contributed by atoms with Crippen LogP contribution in [0.25, 0.3) is 0 Å². The predicted molar refractivity (Wildman–Crippen MR) is 78.0 cm³/mol. The van der Waals surface area contributed by atoms with E-state index in [9.17, 15) is 4.79 Å². The summed E-state index contributed by atoms with van der Waals surface area (Å²) in [6.07, 6.45) is 2.39. The number of rotatable bonds is 7. The SMILES string of the molecule is COC(=O)CCC1CC(NCC(C)C)CN(CC#N)C1. The summed E-state index contributed by atoms with van der Waals surface area (Å²) >= 11 is 0. The zero-order chi connectivity index (χ0) is 15.0. The first kappa shape index (κ1) is 16.9. The first-order valence-electron chi connectivity index (χ1n) is 7.44. The topological polar surface area (TPSA) is 65.4 Å². The summed E-state index contributed by atoms with van der Waals surface area (Å²) in [5.41, 5.74) is 0. The number of nitrogens with one attached hydrogen (secondary N) is 1. The van der Waals surface area contributed by atoms with E-state index in [0.29, 0.717) is 30.8 Å². The normalized spacial score (nSPS) is 23.6. The van der Waals surface area contributed by atoms with E-state index in [1.54, 1.807) is 0 Å². The molecule has 0 radical (unpaired) electrons. The van der Waals surface area contributed by atoms with Crippen molar-refractivity contribution in [1.29, 1.82) is 5.26 Å². The Balaban J connectivity index is 2.47. The van der Waals surface area contributed by atoms with Crippen molar-refractivity contribution in [3.63, 3.8) is 0 Å². The van der Waals surface area contributed by atoms with Gasteiger partial charge in [-0.15, -0.1) is 0 Å². The second-order valence-electron chi connectivity index (χ2n) is 6.07. The lowest BCUT2D eigenvalue weighted by atomic mass is 9.90. The van der Waals surface area contributed by atoms with Gasteiger partial charge in [-0.05, 0) is 31.2 Å². The van der Waals surface area contributed by atoms with Crippen molar-refractivity contribution in [3.05, 3.63) is 0 Å². The van der Waals surface area contributed by atoms with Crippen molar-refractivity contribution in [3.8, 4) is 6.07 Å². The van der Waals surface area contributed by atoms with E-state index in [2.05, 4.69) is 30.1 Å². The number of esters is 1. The number of likely N-dealkylation sites (tertiary alicyclic amines) is 1. The monoisotopic (exact) mass is 281 g/mol. The lowest BCUT2D eigenvalue weighted by Gasteiger charge is -2.37. The van der Waals surface area contributed by atoms with Crippen LogP contribution in [-0.4, -0.2) is 50.2 Å². The smallest absolute Gasteiger partial charge is 0.305 e. The maximum atomic E-state index is 11.3. The van der Waals surface area contributed by atoms with Crippen LogP contribution in [0.5, 0.6) is 0 Å². The van der Waals surface area contributed by atoms with Gasteiger partial charge in [-0.3, -0.25) is 9.69 Å². The fourth-order valence-corrected chi connectivity index (χ4v) is 2.72. The minimum Gasteiger partial charge on any atom is -0.469 e. The highest BCUT2D eigenvalue weighted by Gasteiger charge is 2.27. The molecule has 1 aliphatic rings. The van der Waals surface area contributed by atoms with Gasteiger partial charge in [0.1, 0.15) is 0 Å². The van der Waals surface area contributed by atoms with Crippen LogP contribution in [0.15, 0.2) is 0 Å². The van der Waals surface area contributed by atoms with Crippen molar-refractivity contribution in [2.75, 3.05) is 33.3 Å². The van der Waals surface area contributed by atoms with Crippen molar-refractivity contribution in [2.45, 2.75) is 39.2 Å². The lowest BCUT2D eigenvalue weighted by Crippen LogP contribution is -2.50. The summed E-state index contributed by atoms with van der Waals surface area (Å²) in [6.45, 7) is 7.68. The number of ether oxygens (including phenoxy) is 1. The number of hydrogen-bond acceptors (Lipinski definition) is 5. The molecule has 0 bridgehead atoms. The summed E-state index contributed by atoms with van der Waals surface area (Å²) < 4.78 is 4.70. The molecule has 114 valence electrons. The summed E-state index contributed by atoms with van der Waals surface area (Å²) in [7, 11) is 1.43. The highest BCUT2D eigenvalue weighted by molar-refractivity contribution is 5.69. The Morgan fingerprint density at radius 3 is 2.85 bits per heavy atom. The molecule has 1 rings (SSSR count). The molecule has 1 N–H and O–H groups in total. The summed E-state index contributed by atoms with van der Waals surface area (Å²) in [4.78, 5) is 13.4. The number of piperidine rings is 1. The van der Waals surface area contributed by atoms with Gasteiger partial charge < -0.3 is 10.1 Å². The minimum absolute atomic E-state index is 0.144. The highest BCUT2D eigenvalue weighted by atomic mass is 16.5. The van der Waals surface area contributed by atoms with Crippen LogP contribution < -0.4 is 5.32 Å². The average Bonchev–Trinajstić information content (AvgIpc) is 2.42. The molecule has 0 aliphatic carbocycles. The van der Waals surface area contributed by atoms with Crippen molar-refractivity contribution >= 4 is 5.97 Å². The Kier molecular flexibility index (Phi) is 7.56. The molecule has 0 spiro atoms. The van der Waals surface area contributed by atoms with Gasteiger partial charge in [0.05, 0.1) is 19.7 Å². The minimum atomic E-state index is -0.144. The fraction of sp³-hybridized carbons (Fsp3) is 0.867. The number of carbonyl (C=O) groups is 1. The van der Waals surface area contributed by atoms with Crippen LogP contribution in [0.3, 0.4) is 0 Å². The molecule has 0 aromatic heterocycles. The Bertz CT molecular complexity index is 339. The number of nitriles is 1. The van der Waals surface area contributed by atoms with Crippen LogP contribution in [-0.2, 0) is 9.53 Å². The van der Waals surface area contributed by atoms with Gasteiger partial charge in [0, 0.05) is 25.6 Å². The van der Waals surface area contributed by atoms with Crippen LogP contribution in [0.1, 0.15) is 33.1 Å². The number of carbonyl (C=O) groups excluding carboxylic acids is 1. The van der Waals surface area contributed by atoms with Gasteiger partial charge in [-0.1, -0.05) is 13.8 Å². The number of hydrogen-bond donors (Lipinski definition) is 1. The van der Waals surface area contributed by atoms with Crippen molar-refractivity contribution < 1.29 is 9.53 Å². The maximum Gasteiger partial charge on any atom is 0.305 e. The van der Waals surface area contributed by atoms with Gasteiger partial charge in [0.2, 0.25) is 0 Å². The van der Waals surface area contributed by atoms with Gasteiger partial charge in [0.25, 0.3) is 0 Å². The third-order valence-electron chi connectivity index (χ3n) is 3.71. The van der Waals surface area contributed by atoms with Gasteiger partial charge in [0.15, 0.2) is 0 Å². The zero-order valence-corrected chi connectivity index (χ0v) is 12.9. The van der Waals surface area contributed by atoms with E-state index in [4.69, 9.17) is 10.00 Å². The molecule has 20 heavy (non-hydrogen) atoms. The molecule has 1 fully saturated rings. The van der Waals surface area contributed by atoms with Crippen LogP contribution >= 0.6 is 0 Å². The number of methoxy groups -OCH3 is 1. The van der Waals surface area contributed by atoms with E-state index in [-0.39, 0.29) is 5.97 Å². The molecule has 1 aliphatic heterocycles. The van der Waals surface area contributed by atoms with Crippen molar-refractivity contribution in [1.82, 2.24) is 10.2 Å². The van der Waals surface area contributed by atoms with Gasteiger partial charge >= 0.3 is 5.97 Å². The van der Waals surface area contributed by atoms with Crippen LogP contribution in [0.4, 0.5) is 0 Å². The van der Waals surface area contributed by atoms with Gasteiger partial charge in [-0.25, -0.2) is 0 Å². The summed E-state index contributed by atoms with van der Waals surface area (Å²) in [5, 5.41) is 12.5. The molecule has 2 atom stereocenters. The Morgan fingerprint density at radius 1 is 1.50 bits per heavy atom. The predicted octanol–water partition coefficient (Wildman–Crippen LogP) is 1.40. The molecule has 5 heteroatoms. The summed E-state index contributed by atoms with van der Waals surface area (Å²) in [5.74, 6) is 0.935. The summed E-state index contributed by atoms with van der Waals surface area (Å²) in [6, 6.07) is 2.64. The second kappa shape index (κ2) is 8.93. The van der Waals surface area contributed by atoms with E-state index in [0.717, 1.165) is 32.5 Å². The zero-order valence-electron chi connectivity index (χ0n) is 12.9. The Morgan fingerprint density at radius 2 is 2.25 bits per heavy atom. The molecule has 1 saturated heterocycles. The van der Waals surface area contributed by atoms with E-state index in [1.165, 1.54) is 7.11 Å². The van der Waals surface area contributed by atoms with Crippen LogP contribution in [0, 0.1) is 23.2 Å². The lowest BCUT2D eigenvalue weighted by molar-refractivity contribution is -0.141. The Hall–Kier alpha value is -1.12. The molecule has 2 unspecified atom stereocenters. The quantitative estimate of drug-likeness (QED) is 0.564.